The number of fused-ring (bicyclic) bond motifs is 4. The standard InChI is InChI=1S/C44H60N6O12/c1-11-34-44(8,55)39-24(4)35-22(2)18-43(7,38(25(5)36(51)26(6)41(54)59-34)60-42-37(52)32(50(9)10)15-23(3)58-42)57-21-28(20-56-39)48-62-33(40(53)47-35)17-29-16-31(49-61-29)30-14-12-13-27(19-45)46-30/h12-14,16,22-26,32-34,37-39,42,52,55H,11,15,17-18,20-21H2,1-10H3/b47-35?,48-28-/t22-,23-,24+,25+,26-,32+,33?,34-,37-,38-,39-,42+,43-,44-/m1/s1. The molecule has 4 aliphatic heterocycles. The number of aliphatic hydroxyl groups is 2. The molecule has 6 heterocycles. The summed E-state index contributed by atoms with van der Waals surface area (Å²) in [5.74, 6) is -5.54. The minimum Gasteiger partial charge on any atom is -0.459 e. The number of nitriles is 1. The Morgan fingerprint density at radius 1 is 1.05 bits per heavy atom. The summed E-state index contributed by atoms with van der Waals surface area (Å²) in [6.07, 6.45) is -6.74. The zero-order valence-corrected chi connectivity index (χ0v) is 37.1. The Bertz CT molecular complexity index is 2060. The van der Waals surface area contributed by atoms with Gasteiger partial charge in [0.15, 0.2) is 12.1 Å². The predicted octanol–water partition coefficient (Wildman–Crippen LogP) is 3.45. The highest BCUT2D eigenvalue weighted by molar-refractivity contribution is 6.01. The average molecular weight is 865 g/mol. The van der Waals surface area contributed by atoms with Crippen LogP contribution in [0.25, 0.3) is 11.4 Å². The molecule has 0 spiro atoms. The van der Waals surface area contributed by atoms with Crippen molar-refractivity contribution < 1.29 is 57.6 Å². The van der Waals surface area contributed by atoms with Gasteiger partial charge < -0.3 is 48.2 Å². The van der Waals surface area contributed by atoms with Crippen molar-refractivity contribution in [2.75, 3.05) is 27.3 Å². The van der Waals surface area contributed by atoms with Crippen molar-refractivity contribution in [3.63, 3.8) is 0 Å². The number of hydrogen-bond donors (Lipinski definition) is 2. The maximum absolute atomic E-state index is 14.5. The van der Waals surface area contributed by atoms with Crippen LogP contribution >= 0.6 is 0 Å². The van der Waals surface area contributed by atoms with Gasteiger partial charge in [-0.3, -0.25) is 14.4 Å². The number of cyclic esters (lactones) is 1. The van der Waals surface area contributed by atoms with Crippen LogP contribution in [0.5, 0.6) is 0 Å². The molecule has 0 radical (unpaired) electrons. The molecule has 1 amide bonds. The van der Waals surface area contributed by atoms with E-state index in [0.29, 0.717) is 23.5 Å². The third-order valence-corrected chi connectivity index (χ3v) is 12.7. The van der Waals surface area contributed by atoms with Gasteiger partial charge in [0, 0.05) is 29.7 Å². The van der Waals surface area contributed by atoms with E-state index in [4.69, 9.17) is 38.0 Å². The number of aromatic nitrogens is 2. The molecule has 0 aliphatic carbocycles. The number of Topliss-reactive ketones (excluding diaryl/α,β-unsaturated/α-hetero) is 1. The topological polar surface area (TPSA) is 238 Å². The van der Waals surface area contributed by atoms with Crippen LogP contribution in [-0.2, 0) is 49.3 Å². The van der Waals surface area contributed by atoms with Crippen molar-refractivity contribution in [3.8, 4) is 17.5 Å². The molecule has 18 heteroatoms. The van der Waals surface area contributed by atoms with E-state index in [9.17, 15) is 29.9 Å². The number of ether oxygens (including phenoxy) is 5. The summed E-state index contributed by atoms with van der Waals surface area (Å²) in [4.78, 5) is 59.7. The number of likely N-dealkylation sites (N-methyl/N-ethyl adjacent to an activating group) is 1. The minimum atomic E-state index is -1.88. The van der Waals surface area contributed by atoms with E-state index in [0.717, 1.165) is 0 Å². The van der Waals surface area contributed by atoms with Crippen LogP contribution in [0.2, 0.25) is 0 Å². The Labute approximate surface area is 361 Å². The van der Waals surface area contributed by atoms with Gasteiger partial charge in [-0.25, -0.2) is 9.98 Å². The molecule has 1 unspecified atom stereocenters. The third-order valence-electron chi connectivity index (χ3n) is 12.7. The number of hydrogen-bond acceptors (Lipinski definition) is 17. The van der Waals surface area contributed by atoms with Gasteiger partial charge in [-0.1, -0.05) is 44.1 Å². The molecule has 4 aliphatic rings. The van der Waals surface area contributed by atoms with Crippen molar-refractivity contribution in [2.24, 2.45) is 33.8 Å². The van der Waals surface area contributed by atoms with Crippen LogP contribution in [0, 0.1) is 35.0 Å². The predicted molar refractivity (Wildman–Crippen MR) is 221 cm³/mol. The Balaban J connectivity index is 1.47. The van der Waals surface area contributed by atoms with Gasteiger partial charge in [-0.2, -0.15) is 5.26 Å². The highest BCUT2D eigenvalue weighted by Crippen LogP contribution is 2.40. The van der Waals surface area contributed by atoms with Crippen LogP contribution in [0.3, 0.4) is 0 Å². The van der Waals surface area contributed by atoms with E-state index in [2.05, 4.69) is 15.3 Å². The van der Waals surface area contributed by atoms with E-state index in [-0.39, 0.29) is 61.8 Å². The van der Waals surface area contributed by atoms with E-state index in [1.54, 1.807) is 52.0 Å². The van der Waals surface area contributed by atoms with Gasteiger partial charge in [0.2, 0.25) is 6.10 Å². The van der Waals surface area contributed by atoms with Gasteiger partial charge in [0.05, 0.1) is 49.2 Å². The molecule has 338 valence electrons. The second kappa shape index (κ2) is 19.1. The van der Waals surface area contributed by atoms with Crippen LogP contribution in [-0.4, -0.2) is 142 Å². The fourth-order valence-corrected chi connectivity index (χ4v) is 9.28. The van der Waals surface area contributed by atoms with Crippen molar-refractivity contribution in [2.45, 2.75) is 141 Å². The zero-order chi connectivity index (χ0) is 45.3. The first-order valence-electron chi connectivity index (χ1n) is 21.3. The second-order valence-electron chi connectivity index (χ2n) is 17.9. The number of carbonyl (C=O) groups excluding carboxylic acids is 3. The minimum absolute atomic E-state index is 0.102. The second-order valence-corrected chi connectivity index (χ2v) is 17.9. The molecule has 0 aromatic carbocycles. The zero-order valence-electron chi connectivity index (χ0n) is 37.1. The van der Waals surface area contributed by atoms with Crippen molar-refractivity contribution in [1.29, 1.82) is 5.26 Å². The summed E-state index contributed by atoms with van der Waals surface area (Å²) < 4.78 is 38.0. The monoisotopic (exact) mass is 864 g/mol. The number of nitrogens with zero attached hydrogens (tertiary/aromatic N) is 6. The number of esters is 1. The number of ketones is 1. The highest BCUT2D eigenvalue weighted by atomic mass is 16.7. The molecule has 14 atom stereocenters. The summed E-state index contributed by atoms with van der Waals surface area (Å²) in [6, 6.07) is 8.17. The molecular weight excluding hydrogens is 805 g/mol. The SMILES string of the molecule is CC[C@H]1OC(=O)[C@H](C)C(=O)[C@H](C)[C@@H](O[C@@H]2O[C@H](C)C[C@H](N(C)C)[C@H]2O)[C@@]2(C)C[C@@H](C)C3=NC(=O)C(Cc4cc(-c5cccc(C#N)n5)no4)O/N=C(/CO[C@H]([C@H]3C)[C@]1(C)O)CO2. The van der Waals surface area contributed by atoms with Gasteiger partial charge >= 0.3 is 5.97 Å². The quantitative estimate of drug-likeness (QED) is 0.299. The molecular formula is C44H60N6O12. The summed E-state index contributed by atoms with van der Waals surface area (Å²) in [5.41, 5.74) is -1.87. The Hall–Kier alpha value is -4.48. The molecule has 3 saturated heterocycles. The molecule has 18 nitrogen and oxygen atoms in total. The van der Waals surface area contributed by atoms with Crippen molar-refractivity contribution in [1.82, 2.24) is 15.0 Å². The first-order valence-corrected chi connectivity index (χ1v) is 21.3. The lowest BCUT2D eigenvalue weighted by molar-refractivity contribution is -0.296. The van der Waals surface area contributed by atoms with Gasteiger partial charge in [-0.05, 0) is 79.1 Å². The number of aliphatic imine (C=N–C) groups is 1. The summed E-state index contributed by atoms with van der Waals surface area (Å²) >= 11 is 0. The van der Waals surface area contributed by atoms with Crippen LogP contribution in [0.1, 0.15) is 86.1 Å². The van der Waals surface area contributed by atoms with Crippen molar-refractivity contribution >= 4 is 29.1 Å². The number of carbonyl (C=O) groups is 3. The van der Waals surface area contributed by atoms with Gasteiger partial charge in [0.25, 0.3) is 5.91 Å². The number of pyridine rings is 1. The van der Waals surface area contributed by atoms with Gasteiger partial charge in [0.1, 0.15) is 52.7 Å². The fourth-order valence-electron chi connectivity index (χ4n) is 9.28. The average Bonchev–Trinajstić information content (AvgIpc) is 3.70. The first kappa shape index (κ1) is 47.0. The molecule has 6 rings (SSSR count). The number of amides is 1. The summed E-state index contributed by atoms with van der Waals surface area (Å²) in [7, 11) is 3.71. The lowest BCUT2D eigenvalue weighted by Crippen LogP contribution is -2.60. The largest absolute Gasteiger partial charge is 0.459 e. The lowest BCUT2D eigenvalue weighted by atomic mass is 9.73. The Kier molecular flexibility index (Phi) is 14.5. The van der Waals surface area contributed by atoms with Gasteiger partial charge in [-0.15, -0.1) is 0 Å². The highest BCUT2D eigenvalue weighted by Gasteiger charge is 2.53. The Morgan fingerprint density at radius 2 is 1.79 bits per heavy atom. The number of rotatable bonds is 7. The number of aliphatic hydroxyl groups excluding tert-OH is 1. The molecule has 4 bridgehead atoms. The Morgan fingerprint density at radius 3 is 2.48 bits per heavy atom. The van der Waals surface area contributed by atoms with E-state index in [1.807, 2.05) is 38.9 Å². The smallest absolute Gasteiger partial charge is 0.316 e. The first-order chi connectivity index (χ1) is 29.3. The maximum atomic E-state index is 14.5. The molecule has 3 fully saturated rings. The molecule has 0 saturated carbocycles. The number of oxime groups is 1. The van der Waals surface area contributed by atoms with Crippen LogP contribution < -0.4 is 0 Å². The van der Waals surface area contributed by atoms with Crippen LogP contribution in [0.4, 0.5) is 0 Å². The van der Waals surface area contributed by atoms with E-state index in [1.165, 1.54) is 13.8 Å². The van der Waals surface area contributed by atoms with Crippen molar-refractivity contribution in [3.05, 3.63) is 35.7 Å². The van der Waals surface area contributed by atoms with Crippen LogP contribution in [0.15, 0.2) is 38.9 Å². The molecule has 2 N–H and O–H groups in total. The fraction of sp³-hybridized carbons (Fsp3) is 0.682. The van der Waals surface area contributed by atoms with E-state index < -0.39 is 89.3 Å². The molecule has 62 heavy (non-hydrogen) atoms. The third kappa shape index (κ3) is 9.84. The normalized spacial score (nSPS) is 38.4. The molecule has 2 aromatic rings. The lowest BCUT2D eigenvalue weighted by Gasteiger charge is -2.47. The summed E-state index contributed by atoms with van der Waals surface area (Å²) in [6.45, 7) is 13.1. The summed E-state index contributed by atoms with van der Waals surface area (Å²) in [5, 5.41) is 41.9. The molecule has 2 aromatic heterocycles. The van der Waals surface area contributed by atoms with E-state index >= 15 is 0 Å². The maximum Gasteiger partial charge on any atom is 0.316 e.